The van der Waals surface area contributed by atoms with Crippen LogP contribution in [0.2, 0.25) is 0 Å². The molecule has 1 aromatic rings. The van der Waals surface area contributed by atoms with E-state index in [1.54, 1.807) is 34.9 Å². The lowest BCUT2D eigenvalue weighted by Gasteiger charge is -2.35. The Hall–Kier alpha value is -2.19. The molecule has 2 aliphatic heterocycles. The summed E-state index contributed by atoms with van der Waals surface area (Å²) in [5.74, 6) is -1.28. The number of piperidine rings is 1. The third-order valence-corrected chi connectivity index (χ3v) is 5.47. The van der Waals surface area contributed by atoms with E-state index < -0.39 is 6.04 Å². The van der Waals surface area contributed by atoms with E-state index in [9.17, 15) is 18.8 Å². The summed E-state index contributed by atoms with van der Waals surface area (Å²) >= 11 is 0. The van der Waals surface area contributed by atoms with Gasteiger partial charge in [0.25, 0.3) is 0 Å². The number of carbonyl (C=O) groups excluding carboxylic acids is 3. The maximum absolute atomic E-state index is 13.9. The third kappa shape index (κ3) is 5.92. The van der Waals surface area contributed by atoms with Gasteiger partial charge in [-0.15, -0.1) is 12.4 Å². The van der Waals surface area contributed by atoms with Crippen LogP contribution in [-0.2, 0) is 25.7 Å². The number of likely N-dealkylation sites (tertiary alicyclic amines) is 1. The second-order valence-electron chi connectivity index (χ2n) is 7.49. The molecule has 2 saturated heterocycles. The van der Waals surface area contributed by atoms with E-state index in [1.165, 1.54) is 6.07 Å². The molecule has 0 spiro atoms. The molecular weight excluding hydrogens is 413 g/mol. The zero-order valence-corrected chi connectivity index (χ0v) is 18.0. The fraction of sp³-hybridized carbons (Fsp3) is 0.571. The summed E-state index contributed by atoms with van der Waals surface area (Å²) in [5, 5.41) is 3.10. The van der Waals surface area contributed by atoms with Crippen molar-refractivity contribution in [2.75, 3.05) is 32.8 Å². The summed E-state index contributed by atoms with van der Waals surface area (Å²) in [5.41, 5.74) is 0.459. The van der Waals surface area contributed by atoms with Gasteiger partial charge in [-0.25, -0.2) is 4.39 Å². The average Bonchev–Trinajstić information content (AvgIpc) is 2.72. The Morgan fingerprint density at radius 3 is 2.77 bits per heavy atom. The molecule has 30 heavy (non-hydrogen) atoms. The zero-order chi connectivity index (χ0) is 20.8. The van der Waals surface area contributed by atoms with Crippen LogP contribution >= 0.6 is 12.4 Å². The molecular formula is C21H29ClFN3O4. The molecule has 3 rings (SSSR count). The normalized spacial score (nSPS) is 21.7. The molecule has 9 heteroatoms. The van der Waals surface area contributed by atoms with E-state index in [2.05, 4.69) is 5.32 Å². The average molecular weight is 442 g/mol. The Labute approximate surface area is 182 Å². The highest BCUT2D eigenvalue weighted by atomic mass is 35.5. The molecule has 7 nitrogen and oxygen atoms in total. The van der Waals surface area contributed by atoms with E-state index in [1.807, 2.05) is 0 Å². The van der Waals surface area contributed by atoms with Crippen molar-refractivity contribution in [3.05, 3.63) is 35.6 Å². The number of carbonyl (C=O) groups is 3. The molecule has 2 amide bonds. The van der Waals surface area contributed by atoms with Gasteiger partial charge in [0.05, 0.1) is 25.0 Å². The molecule has 166 valence electrons. The fourth-order valence-electron chi connectivity index (χ4n) is 3.90. The monoisotopic (exact) mass is 441 g/mol. The highest BCUT2D eigenvalue weighted by Gasteiger charge is 2.34. The van der Waals surface area contributed by atoms with E-state index in [-0.39, 0.29) is 54.9 Å². The van der Waals surface area contributed by atoms with Crippen molar-refractivity contribution in [3.8, 4) is 0 Å². The van der Waals surface area contributed by atoms with Gasteiger partial charge in [0, 0.05) is 38.3 Å². The first-order valence-electron chi connectivity index (χ1n) is 10.2. The van der Waals surface area contributed by atoms with Crippen LogP contribution in [0.15, 0.2) is 24.3 Å². The third-order valence-electron chi connectivity index (χ3n) is 5.47. The minimum atomic E-state index is -0.633. The first-order valence-corrected chi connectivity index (χ1v) is 10.2. The van der Waals surface area contributed by atoms with Crippen LogP contribution in [0.5, 0.6) is 0 Å². The maximum atomic E-state index is 13.9. The van der Waals surface area contributed by atoms with Gasteiger partial charge in [-0.2, -0.15) is 0 Å². The van der Waals surface area contributed by atoms with Crippen LogP contribution in [-0.4, -0.2) is 66.4 Å². The quantitative estimate of drug-likeness (QED) is 0.680. The largest absolute Gasteiger partial charge is 0.466 e. The number of esters is 1. The first kappa shape index (κ1) is 24.1. The number of hydrogen-bond acceptors (Lipinski definition) is 5. The van der Waals surface area contributed by atoms with E-state index in [4.69, 9.17) is 4.74 Å². The summed E-state index contributed by atoms with van der Waals surface area (Å²) < 4.78 is 19.0. The topological polar surface area (TPSA) is 79.0 Å². The fourth-order valence-corrected chi connectivity index (χ4v) is 3.90. The van der Waals surface area contributed by atoms with Gasteiger partial charge in [0.1, 0.15) is 5.82 Å². The van der Waals surface area contributed by atoms with Crippen LogP contribution in [0.1, 0.15) is 31.7 Å². The maximum Gasteiger partial charge on any atom is 0.310 e. The highest BCUT2D eigenvalue weighted by Crippen LogP contribution is 2.20. The second-order valence-corrected chi connectivity index (χ2v) is 7.49. The zero-order valence-electron chi connectivity index (χ0n) is 17.1. The lowest BCUT2D eigenvalue weighted by Crippen LogP contribution is -2.56. The molecule has 1 N–H and O–H groups in total. The summed E-state index contributed by atoms with van der Waals surface area (Å²) in [6, 6.07) is 5.75. The molecule has 2 fully saturated rings. The van der Waals surface area contributed by atoms with Crippen molar-refractivity contribution in [1.82, 2.24) is 15.1 Å². The number of nitrogens with zero attached hydrogens (tertiary/aromatic N) is 2. The smallest absolute Gasteiger partial charge is 0.310 e. The first-order chi connectivity index (χ1) is 14.0. The molecule has 2 unspecified atom stereocenters. The Morgan fingerprint density at radius 2 is 2.03 bits per heavy atom. The predicted octanol–water partition coefficient (Wildman–Crippen LogP) is 1.74. The van der Waals surface area contributed by atoms with Gasteiger partial charge in [-0.1, -0.05) is 18.2 Å². The molecule has 0 radical (unpaired) electrons. The number of piperazine rings is 1. The summed E-state index contributed by atoms with van der Waals surface area (Å²) in [6.45, 7) is 4.19. The van der Waals surface area contributed by atoms with Crippen molar-refractivity contribution in [3.63, 3.8) is 0 Å². The van der Waals surface area contributed by atoms with Crippen molar-refractivity contribution in [2.24, 2.45) is 5.92 Å². The summed E-state index contributed by atoms with van der Waals surface area (Å²) in [4.78, 5) is 40.8. The lowest BCUT2D eigenvalue weighted by molar-refractivity contribution is -0.152. The van der Waals surface area contributed by atoms with E-state index in [0.29, 0.717) is 44.8 Å². The molecule has 0 aromatic heterocycles. The highest BCUT2D eigenvalue weighted by molar-refractivity contribution is 5.89. The van der Waals surface area contributed by atoms with Crippen LogP contribution < -0.4 is 5.32 Å². The molecule has 2 aliphatic rings. The van der Waals surface area contributed by atoms with Crippen molar-refractivity contribution < 1.29 is 23.5 Å². The van der Waals surface area contributed by atoms with Gasteiger partial charge in [0.15, 0.2) is 0 Å². The SMILES string of the molecule is CCOC(=O)C1CCCN(C(=O)CC2NCCN(Cc3ccccc3F)C2=O)C1.Cl. The number of benzene rings is 1. The Morgan fingerprint density at radius 1 is 1.27 bits per heavy atom. The Bertz CT molecular complexity index is 764. The summed E-state index contributed by atoms with van der Waals surface area (Å²) in [6.07, 6.45) is 1.47. The number of hydrogen-bond donors (Lipinski definition) is 1. The van der Waals surface area contributed by atoms with Gasteiger partial charge in [0.2, 0.25) is 11.8 Å². The standard InChI is InChI=1S/C21H28FN3O4.ClH/c1-2-29-21(28)16-7-5-10-24(14-16)19(26)12-18-20(27)25(11-9-23-18)13-15-6-3-4-8-17(15)22;/h3-4,6,8,16,18,23H,2,5,7,9-14H2,1H3;1H. The van der Waals surface area contributed by atoms with Crippen molar-refractivity contribution in [1.29, 1.82) is 0 Å². The minimum Gasteiger partial charge on any atom is -0.466 e. The molecule has 2 heterocycles. The van der Waals surface area contributed by atoms with Crippen LogP contribution in [0.4, 0.5) is 4.39 Å². The molecule has 0 aliphatic carbocycles. The van der Waals surface area contributed by atoms with Gasteiger partial charge in [-0.3, -0.25) is 14.4 Å². The lowest BCUT2D eigenvalue weighted by atomic mass is 9.97. The number of amides is 2. The van der Waals surface area contributed by atoms with Crippen LogP contribution in [0, 0.1) is 11.7 Å². The Balaban J connectivity index is 0.00000320. The van der Waals surface area contributed by atoms with Crippen molar-refractivity contribution in [2.45, 2.75) is 38.8 Å². The molecule has 0 bridgehead atoms. The Kier molecular flexibility index (Phi) is 9.05. The van der Waals surface area contributed by atoms with Gasteiger partial charge >= 0.3 is 5.97 Å². The van der Waals surface area contributed by atoms with E-state index in [0.717, 1.165) is 6.42 Å². The molecule has 0 saturated carbocycles. The minimum absolute atomic E-state index is 0. The number of ether oxygens (including phenoxy) is 1. The van der Waals surface area contributed by atoms with Crippen LogP contribution in [0.3, 0.4) is 0 Å². The van der Waals surface area contributed by atoms with Crippen molar-refractivity contribution >= 4 is 30.2 Å². The molecule has 2 atom stereocenters. The number of rotatable bonds is 6. The summed E-state index contributed by atoms with van der Waals surface area (Å²) in [7, 11) is 0. The van der Waals surface area contributed by atoms with Gasteiger partial charge in [-0.05, 0) is 25.8 Å². The second kappa shape index (κ2) is 11.3. The van der Waals surface area contributed by atoms with Crippen LogP contribution in [0.25, 0.3) is 0 Å². The van der Waals surface area contributed by atoms with E-state index >= 15 is 0 Å². The predicted molar refractivity (Wildman–Crippen MR) is 111 cm³/mol. The molecule has 1 aromatic carbocycles. The number of nitrogens with one attached hydrogen (secondary N) is 1. The number of halogens is 2. The van der Waals surface area contributed by atoms with Gasteiger partial charge < -0.3 is 19.9 Å².